The van der Waals surface area contributed by atoms with E-state index in [1.165, 1.54) is 0 Å². The summed E-state index contributed by atoms with van der Waals surface area (Å²) < 4.78 is 5.18. The van der Waals surface area contributed by atoms with E-state index >= 15 is 0 Å². The van der Waals surface area contributed by atoms with Crippen LogP contribution in [0.5, 0.6) is 0 Å². The standard InChI is InChI=1S/C8H16N2O2/c1-12-7-2-4-10(5-3-7)8(11)6-9/h7H,2-6,9H2,1H3. The van der Waals surface area contributed by atoms with Crippen molar-refractivity contribution >= 4 is 5.91 Å². The number of likely N-dealkylation sites (tertiary alicyclic amines) is 1. The van der Waals surface area contributed by atoms with E-state index in [1.54, 1.807) is 12.0 Å². The highest BCUT2D eigenvalue weighted by molar-refractivity contribution is 5.78. The van der Waals surface area contributed by atoms with Crippen molar-refractivity contribution in [2.45, 2.75) is 18.9 Å². The fourth-order valence-corrected chi connectivity index (χ4v) is 1.47. The smallest absolute Gasteiger partial charge is 0.236 e. The number of amides is 1. The van der Waals surface area contributed by atoms with Gasteiger partial charge in [-0.3, -0.25) is 4.79 Å². The summed E-state index contributed by atoms with van der Waals surface area (Å²) in [5, 5.41) is 0. The zero-order valence-corrected chi connectivity index (χ0v) is 7.45. The first kappa shape index (κ1) is 9.48. The van der Waals surface area contributed by atoms with Gasteiger partial charge >= 0.3 is 0 Å². The van der Waals surface area contributed by atoms with E-state index in [9.17, 15) is 4.79 Å². The van der Waals surface area contributed by atoms with Crippen LogP contribution in [0.4, 0.5) is 0 Å². The highest BCUT2D eigenvalue weighted by Gasteiger charge is 2.20. The first-order valence-electron chi connectivity index (χ1n) is 4.28. The highest BCUT2D eigenvalue weighted by Crippen LogP contribution is 2.12. The Morgan fingerprint density at radius 1 is 1.58 bits per heavy atom. The molecule has 0 spiro atoms. The number of hydrogen-bond donors (Lipinski definition) is 1. The monoisotopic (exact) mass is 172 g/mol. The molecule has 0 bridgehead atoms. The van der Waals surface area contributed by atoms with Gasteiger partial charge in [-0.05, 0) is 12.8 Å². The van der Waals surface area contributed by atoms with E-state index in [2.05, 4.69) is 0 Å². The number of nitrogens with two attached hydrogens (primary N) is 1. The molecule has 0 aromatic carbocycles. The molecule has 1 amide bonds. The van der Waals surface area contributed by atoms with Crippen LogP contribution in [-0.2, 0) is 9.53 Å². The quantitative estimate of drug-likeness (QED) is 0.615. The minimum Gasteiger partial charge on any atom is -0.381 e. The van der Waals surface area contributed by atoms with Gasteiger partial charge in [0.05, 0.1) is 12.6 Å². The summed E-state index contributed by atoms with van der Waals surface area (Å²) in [5.74, 6) is 0.0459. The number of methoxy groups -OCH3 is 1. The maximum absolute atomic E-state index is 11.1. The molecule has 1 rings (SSSR count). The van der Waals surface area contributed by atoms with Crippen molar-refractivity contribution in [2.75, 3.05) is 26.7 Å². The van der Waals surface area contributed by atoms with Gasteiger partial charge in [-0.1, -0.05) is 0 Å². The Labute approximate surface area is 72.7 Å². The lowest BCUT2D eigenvalue weighted by atomic mass is 10.1. The molecule has 0 saturated carbocycles. The molecule has 1 aliphatic rings. The number of hydrogen-bond acceptors (Lipinski definition) is 3. The molecule has 12 heavy (non-hydrogen) atoms. The van der Waals surface area contributed by atoms with Crippen LogP contribution in [0.1, 0.15) is 12.8 Å². The van der Waals surface area contributed by atoms with Gasteiger partial charge in [0, 0.05) is 20.2 Å². The van der Waals surface area contributed by atoms with Gasteiger partial charge in [0.15, 0.2) is 0 Å². The van der Waals surface area contributed by atoms with Crippen molar-refractivity contribution in [1.82, 2.24) is 4.90 Å². The van der Waals surface area contributed by atoms with Crippen molar-refractivity contribution in [3.8, 4) is 0 Å². The molecule has 0 aromatic rings. The average molecular weight is 172 g/mol. The van der Waals surface area contributed by atoms with E-state index in [0.717, 1.165) is 25.9 Å². The minimum atomic E-state index is 0.0459. The maximum Gasteiger partial charge on any atom is 0.236 e. The summed E-state index contributed by atoms with van der Waals surface area (Å²) in [5.41, 5.74) is 5.25. The summed E-state index contributed by atoms with van der Waals surface area (Å²) in [4.78, 5) is 12.9. The average Bonchev–Trinajstić information content (AvgIpc) is 2.17. The van der Waals surface area contributed by atoms with Crippen LogP contribution < -0.4 is 5.73 Å². The van der Waals surface area contributed by atoms with Crippen LogP contribution >= 0.6 is 0 Å². The largest absolute Gasteiger partial charge is 0.381 e. The molecule has 0 aliphatic carbocycles. The third kappa shape index (κ3) is 2.19. The van der Waals surface area contributed by atoms with Crippen LogP contribution in [0.3, 0.4) is 0 Å². The summed E-state index contributed by atoms with van der Waals surface area (Å²) >= 11 is 0. The van der Waals surface area contributed by atoms with Crippen molar-refractivity contribution in [3.63, 3.8) is 0 Å². The molecule has 1 aliphatic heterocycles. The molecule has 1 saturated heterocycles. The number of ether oxygens (including phenoxy) is 1. The van der Waals surface area contributed by atoms with Crippen LogP contribution in [0.15, 0.2) is 0 Å². The topological polar surface area (TPSA) is 55.6 Å². The lowest BCUT2D eigenvalue weighted by Gasteiger charge is -2.30. The van der Waals surface area contributed by atoms with Crippen molar-refractivity contribution in [3.05, 3.63) is 0 Å². The van der Waals surface area contributed by atoms with Crippen LogP contribution in [-0.4, -0.2) is 43.7 Å². The first-order valence-corrected chi connectivity index (χ1v) is 4.28. The first-order chi connectivity index (χ1) is 5.77. The Kier molecular flexibility index (Phi) is 3.49. The maximum atomic E-state index is 11.1. The number of rotatable bonds is 2. The van der Waals surface area contributed by atoms with Gasteiger partial charge in [-0.15, -0.1) is 0 Å². The van der Waals surface area contributed by atoms with Gasteiger partial charge in [-0.2, -0.15) is 0 Å². The second-order valence-corrected chi connectivity index (χ2v) is 3.02. The number of piperidine rings is 1. The summed E-state index contributed by atoms with van der Waals surface area (Å²) in [6.45, 7) is 1.70. The predicted molar refractivity (Wildman–Crippen MR) is 45.7 cm³/mol. The van der Waals surface area contributed by atoms with Crippen LogP contribution in [0.2, 0.25) is 0 Å². The second kappa shape index (κ2) is 4.42. The normalized spacial score (nSPS) is 19.7. The van der Waals surface area contributed by atoms with Crippen LogP contribution in [0, 0.1) is 0 Å². The van der Waals surface area contributed by atoms with Gasteiger partial charge < -0.3 is 15.4 Å². The van der Waals surface area contributed by atoms with E-state index in [1.807, 2.05) is 0 Å². The molecule has 70 valence electrons. The fraction of sp³-hybridized carbons (Fsp3) is 0.875. The number of carbonyl (C=O) groups excluding carboxylic acids is 1. The van der Waals surface area contributed by atoms with Crippen LogP contribution in [0.25, 0.3) is 0 Å². The van der Waals surface area contributed by atoms with Gasteiger partial charge in [0.1, 0.15) is 0 Å². The van der Waals surface area contributed by atoms with Crippen molar-refractivity contribution in [1.29, 1.82) is 0 Å². The zero-order chi connectivity index (χ0) is 8.97. The molecule has 1 fully saturated rings. The molecule has 4 heteroatoms. The highest BCUT2D eigenvalue weighted by atomic mass is 16.5. The zero-order valence-electron chi connectivity index (χ0n) is 7.45. The summed E-state index contributed by atoms with van der Waals surface area (Å²) in [6, 6.07) is 0. The van der Waals surface area contributed by atoms with E-state index in [0.29, 0.717) is 6.10 Å². The lowest BCUT2D eigenvalue weighted by molar-refractivity contribution is -0.131. The summed E-state index contributed by atoms with van der Waals surface area (Å²) in [6.07, 6.45) is 2.19. The molecule has 1 heterocycles. The summed E-state index contributed by atoms with van der Waals surface area (Å²) in [7, 11) is 1.71. The number of nitrogens with zero attached hydrogens (tertiary/aromatic N) is 1. The molecule has 0 unspecified atom stereocenters. The fourth-order valence-electron chi connectivity index (χ4n) is 1.47. The third-order valence-corrected chi connectivity index (χ3v) is 2.30. The number of carbonyl (C=O) groups is 1. The molecule has 2 N–H and O–H groups in total. The van der Waals surface area contributed by atoms with Gasteiger partial charge in [0.2, 0.25) is 5.91 Å². The predicted octanol–water partition coefficient (Wildman–Crippen LogP) is -0.417. The second-order valence-electron chi connectivity index (χ2n) is 3.02. The third-order valence-electron chi connectivity index (χ3n) is 2.30. The molecule has 0 radical (unpaired) electrons. The van der Waals surface area contributed by atoms with Crippen molar-refractivity contribution < 1.29 is 9.53 Å². The minimum absolute atomic E-state index is 0.0459. The van der Waals surface area contributed by atoms with Crippen molar-refractivity contribution in [2.24, 2.45) is 5.73 Å². The van der Waals surface area contributed by atoms with Gasteiger partial charge in [-0.25, -0.2) is 0 Å². The molecule has 0 aromatic heterocycles. The Hall–Kier alpha value is -0.610. The van der Waals surface area contributed by atoms with E-state index < -0.39 is 0 Å². The molecular weight excluding hydrogens is 156 g/mol. The lowest BCUT2D eigenvalue weighted by Crippen LogP contribution is -2.43. The molecule has 4 nitrogen and oxygen atoms in total. The Balaban J connectivity index is 2.30. The molecular formula is C8H16N2O2. The molecule has 0 atom stereocenters. The Morgan fingerprint density at radius 2 is 2.17 bits per heavy atom. The van der Waals surface area contributed by atoms with E-state index in [4.69, 9.17) is 10.5 Å². The van der Waals surface area contributed by atoms with E-state index in [-0.39, 0.29) is 12.5 Å². The SMILES string of the molecule is COC1CCN(C(=O)CN)CC1. The van der Waals surface area contributed by atoms with Gasteiger partial charge in [0.25, 0.3) is 0 Å². The Morgan fingerprint density at radius 3 is 2.58 bits per heavy atom. The Bertz CT molecular complexity index is 153.